The lowest BCUT2D eigenvalue weighted by molar-refractivity contribution is -0.173. The summed E-state index contributed by atoms with van der Waals surface area (Å²) in [7, 11) is 0.384. The molecule has 0 bridgehead atoms. The highest BCUT2D eigenvalue weighted by molar-refractivity contribution is 6.05. The van der Waals surface area contributed by atoms with Gasteiger partial charge in [0, 0.05) is 17.2 Å². The number of amides is 1. The molecule has 0 spiro atoms. The van der Waals surface area contributed by atoms with Crippen LogP contribution in [0.4, 0.5) is 0 Å². The maximum absolute atomic E-state index is 14.3. The van der Waals surface area contributed by atoms with Crippen LogP contribution in [-0.2, 0) is 24.5 Å². The zero-order valence-electron chi connectivity index (χ0n) is 21.1. The summed E-state index contributed by atoms with van der Waals surface area (Å²) in [5, 5.41) is 0. The van der Waals surface area contributed by atoms with Crippen LogP contribution in [0.1, 0.15) is 66.0 Å². The van der Waals surface area contributed by atoms with E-state index < -0.39 is 22.7 Å². The first-order valence-corrected chi connectivity index (χ1v) is 12.3. The molecule has 6 heteroatoms. The summed E-state index contributed by atoms with van der Waals surface area (Å²) in [4.78, 5) is 29.5. The minimum atomic E-state index is -1.31. The first-order chi connectivity index (χ1) is 15.3. The highest BCUT2D eigenvalue weighted by Crippen LogP contribution is 2.52. The molecule has 3 rings (SSSR count). The molecule has 0 aromatic heterocycles. The molecule has 1 amide bonds. The third-order valence-corrected chi connectivity index (χ3v) is 7.01. The average molecular weight is 468 g/mol. The molecule has 33 heavy (non-hydrogen) atoms. The fraction of sp³-hybridized carbons (Fsp3) is 0.481. The van der Waals surface area contributed by atoms with Gasteiger partial charge in [-0.1, -0.05) is 81.4 Å². The van der Waals surface area contributed by atoms with Gasteiger partial charge in [0.25, 0.3) is 0 Å². The van der Waals surface area contributed by atoms with Crippen LogP contribution in [0.15, 0.2) is 60.7 Å². The van der Waals surface area contributed by atoms with E-state index in [4.69, 9.17) is 9.16 Å². The molecule has 1 saturated heterocycles. The van der Waals surface area contributed by atoms with Crippen molar-refractivity contribution in [3.05, 3.63) is 71.8 Å². The van der Waals surface area contributed by atoms with Gasteiger partial charge in [0.1, 0.15) is 21.5 Å². The van der Waals surface area contributed by atoms with Gasteiger partial charge in [0.2, 0.25) is 5.91 Å². The lowest BCUT2D eigenvalue weighted by Gasteiger charge is -2.48. The van der Waals surface area contributed by atoms with Gasteiger partial charge in [0.05, 0.1) is 0 Å². The molecule has 1 fully saturated rings. The Morgan fingerprint density at radius 2 is 1.39 bits per heavy atom. The second kappa shape index (κ2) is 8.73. The quantitative estimate of drug-likeness (QED) is 0.376. The summed E-state index contributed by atoms with van der Waals surface area (Å²) >= 11 is 0. The van der Waals surface area contributed by atoms with Crippen LogP contribution in [0.25, 0.3) is 0 Å². The number of hydrogen-bond donors (Lipinski definition) is 0. The standard InChI is InChI=1S/C27H37NO4Si/c1-24(2,3)21-18-26(7,23(30)31-25(4,5)6)22(29)28(21)27(32-33,19-14-10-8-11-15-19)20-16-12-9-13-17-20/h8-17,21H,18H2,1-7,33H3/t21-,26+/m0/s1. The summed E-state index contributed by atoms with van der Waals surface area (Å²) in [5.74, 6) is -0.750. The van der Waals surface area contributed by atoms with Gasteiger partial charge in [-0.3, -0.25) is 9.59 Å². The number of esters is 1. The lowest BCUT2D eigenvalue weighted by Crippen LogP contribution is -2.57. The Kier molecular flexibility index (Phi) is 6.66. The van der Waals surface area contributed by atoms with Gasteiger partial charge in [0.15, 0.2) is 5.72 Å². The molecular weight excluding hydrogens is 430 g/mol. The summed E-state index contributed by atoms with van der Waals surface area (Å²) in [6.07, 6.45) is 0.358. The number of hydrogen-bond acceptors (Lipinski definition) is 4. The number of rotatable bonds is 5. The Hall–Kier alpha value is -2.44. The van der Waals surface area contributed by atoms with Crippen molar-refractivity contribution >= 4 is 22.4 Å². The Balaban J connectivity index is 2.28. The van der Waals surface area contributed by atoms with Gasteiger partial charge < -0.3 is 14.1 Å². The zero-order chi connectivity index (χ0) is 24.7. The average Bonchev–Trinajstić information content (AvgIpc) is 3.03. The Labute approximate surface area is 201 Å². The van der Waals surface area contributed by atoms with Crippen molar-refractivity contribution in [2.45, 2.75) is 72.3 Å². The van der Waals surface area contributed by atoms with Crippen molar-refractivity contribution in [2.75, 3.05) is 0 Å². The minimum Gasteiger partial charge on any atom is -0.459 e. The van der Waals surface area contributed by atoms with E-state index in [-0.39, 0.29) is 17.4 Å². The number of nitrogens with zero attached hydrogens (tertiary/aromatic N) is 1. The molecule has 0 N–H and O–H groups in total. The molecule has 178 valence electrons. The van der Waals surface area contributed by atoms with Crippen LogP contribution < -0.4 is 0 Å². The van der Waals surface area contributed by atoms with Gasteiger partial charge >= 0.3 is 5.97 Å². The summed E-state index contributed by atoms with van der Waals surface area (Å²) in [5.41, 5.74) is -1.70. The highest BCUT2D eigenvalue weighted by atomic mass is 28.2. The zero-order valence-corrected chi connectivity index (χ0v) is 23.1. The Morgan fingerprint density at radius 1 is 0.939 bits per heavy atom. The minimum absolute atomic E-state index is 0.253. The van der Waals surface area contributed by atoms with E-state index in [2.05, 4.69) is 20.8 Å². The molecule has 2 aromatic rings. The topological polar surface area (TPSA) is 55.8 Å². The molecule has 2 atom stereocenters. The van der Waals surface area contributed by atoms with Crippen molar-refractivity contribution in [1.29, 1.82) is 0 Å². The van der Waals surface area contributed by atoms with Crippen LogP contribution >= 0.6 is 0 Å². The molecule has 0 radical (unpaired) electrons. The second-order valence-electron chi connectivity index (χ2n) is 11.2. The lowest BCUT2D eigenvalue weighted by atomic mass is 9.78. The third kappa shape index (κ3) is 4.51. The summed E-state index contributed by atoms with van der Waals surface area (Å²) in [6, 6.07) is 19.4. The number of ether oxygens (including phenoxy) is 1. The number of carbonyl (C=O) groups excluding carboxylic acids is 2. The van der Waals surface area contributed by atoms with Gasteiger partial charge in [-0.05, 0) is 39.5 Å². The first kappa shape index (κ1) is 25.2. The maximum atomic E-state index is 14.3. The van der Waals surface area contributed by atoms with Crippen molar-refractivity contribution in [3.8, 4) is 0 Å². The van der Waals surface area contributed by atoms with E-state index in [1.807, 2.05) is 86.3 Å². The second-order valence-corrected chi connectivity index (χ2v) is 11.6. The maximum Gasteiger partial charge on any atom is 0.321 e. The number of benzene rings is 2. The van der Waals surface area contributed by atoms with Crippen LogP contribution in [0.2, 0.25) is 0 Å². The molecule has 0 aliphatic carbocycles. The predicted octanol–water partition coefficient (Wildman–Crippen LogP) is 4.18. The van der Waals surface area contributed by atoms with E-state index in [1.54, 1.807) is 6.92 Å². The van der Waals surface area contributed by atoms with Crippen molar-refractivity contribution < 1.29 is 18.8 Å². The van der Waals surface area contributed by atoms with Crippen molar-refractivity contribution in [3.63, 3.8) is 0 Å². The van der Waals surface area contributed by atoms with E-state index in [0.717, 1.165) is 11.1 Å². The number of carbonyl (C=O) groups is 2. The molecular formula is C27H37NO4Si. The molecule has 2 aromatic carbocycles. The molecule has 0 saturated carbocycles. The van der Waals surface area contributed by atoms with Crippen molar-refractivity contribution in [2.24, 2.45) is 10.8 Å². The highest BCUT2D eigenvalue weighted by Gasteiger charge is 2.63. The SMILES string of the molecule is CC(C)(C)OC(=O)[C@]1(C)C[C@@H](C(C)(C)C)N(C(O[SiH3])(c2ccccc2)c2ccccc2)C1=O. The van der Waals surface area contributed by atoms with Crippen LogP contribution in [-0.4, -0.2) is 38.9 Å². The Bertz CT molecular complexity index is 955. The Morgan fingerprint density at radius 3 is 1.76 bits per heavy atom. The van der Waals surface area contributed by atoms with Gasteiger partial charge in [-0.2, -0.15) is 0 Å². The van der Waals surface area contributed by atoms with E-state index in [9.17, 15) is 9.59 Å². The summed E-state index contributed by atoms with van der Waals surface area (Å²) in [6.45, 7) is 13.5. The van der Waals surface area contributed by atoms with Crippen LogP contribution in [0.5, 0.6) is 0 Å². The van der Waals surface area contributed by atoms with Crippen LogP contribution in [0.3, 0.4) is 0 Å². The van der Waals surface area contributed by atoms with E-state index in [1.165, 1.54) is 0 Å². The smallest absolute Gasteiger partial charge is 0.321 e. The van der Waals surface area contributed by atoms with Gasteiger partial charge in [-0.15, -0.1) is 0 Å². The fourth-order valence-corrected chi connectivity index (χ4v) is 5.37. The largest absolute Gasteiger partial charge is 0.459 e. The molecule has 5 nitrogen and oxygen atoms in total. The van der Waals surface area contributed by atoms with Crippen molar-refractivity contribution in [1.82, 2.24) is 4.90 Å². The normalized spacial score (nSPS) is 22.0. The third-order valence-electron chi connectivity index (χ3n) is 6.42. The monoisotopic (exact) mass is 467 g/mol. The summed E-state index contributed by atoms with van der Waals surface area (Å²) < 4.78 is 12.2. The molecule has 1 aliphatic heterocycles. The number of likely N-dealkylation sites (tertiary alicyclic amines) is 1. The van der Waals surface area contributed by atoms with Gasteiger partial charge in [-0.25, -0.2) is 0 Å². The predicted molar refractivity (Wildman–Crippen MR) is 133 cm³/mol. The molecule has 0 unspecified atom stereocenters. The fourth-order valence-electron chi connectivity index (χ4n) is 4.70. The van der Waals surface area contributed by atoms with Crippen LogP contribution in [0, 0.1) is 10.8 Å². The first-order valence-electron chi connectivity index (χ1n) is 11.5. The molecule has 1 heterocycles. The molecule has 1 aliphatic rings. The van der Waals surface area contributed by atoms with E-state index in [0.29, 0.717) is 16.9 Å². The van der Waals surface area contributed by atoms with E-state index >= 15 is 0 Å².